The second-order valence-electron chi connectivity index (χ2n) is 9.49. The normalized spacial score (nSPS) is 13.3. The fraction of sp³-hybridized carbons (Fsp3) is 0.226. The lowest BCUT2D eigenvalue weighted by Crippen LogP contribution is -2.26. The van der Waals surface area contributed by atoms with E-state index in [0.29, 0.717) is 5.56 Å². The Morgan fingerprint density at radius 1 is 0.805 bits per heavy atom. The molecule has 0 unspecified atom stereocenters. The highest BCUT2D eigenvalue weighted by Gasteiger charge is 2.29. The summed E-state index contributed by atoms with van der Waals surface area (Å²) in [6, 6.07) is 16.4. The Labute approximate surface area is 238 Å². The highest BCUT2D eigenvalue weighted by molar-refractivity contribution is 8.00. The van der Waals surface area contributed by atoms with Crippen molar-refractivity contribution in [3.05, 3.63) is 106 Å². The summed E-state index contributed by atoms with van der Waals surface area (Å²) >= 11 is -0.280. The third kappa shape index (κ3) is 8.17. The molecule has 41 heavy (non-hydrogen) atoms. The predicted octanol–water partition coefficient (Wildman–Crippen LogP) is 6.53. The van der Waals surface area contributed by atoms with Crippen LogP contribution < -0.4 is 5.32 Å². The molecule has 10 heteroatoms. The van der Waals surface area contributed by atoms with Gasteiger partial charge in [0, 0.05) is 33.7 Å². The number of carboxylic acids is 1. The molecule has 4 rings (SSSR count). The third-order valence-corrected chi connectivity index (χ3v) is 7.32. The summed E-state index contributed by atoms with van der Waals surface area (Å²) in [6.45, 7) is -0.0436. The summed E-state index contributed by atoms with van der Waals surface area (Å²) in [7, 11) is 0. The number of thioether (sulfide) groups is 1. The van der Waals surface area contributed by atoms with Gasteiger partial charge in [0.2, 0.25) is 0 Å². The van der Waals surface area contributed by atoms with E-state index in [2.05, 4.69) is 5.32 Å². The molecule has 0 atom stereocenters. The Hall–Kier alpha value is -4.18. The number of carboxylic acid groups (broad SMARTS) is 1. The quantitative estimate of drug-likeness (QED) is 0.160. The number of benzene rings is 3. The summed E-state index contributed by atoms with van der Waals surface area (Å²) in [4.78, 5) is 49.8. The van der Waals surface area contributed by atoms with Crippen molar-refractivity contribution in [2.24, 2.45) is 0 Å². The zero-order valence-corrected chi connectivity index (χ0v) is 22.6. The molecular weight excluding hydrogens is 555 g/mol. The van der Waals surface area contributed by atoms with Crippen LogP contribution in [0.5, 0.6) is 0 Å². The van der Waals surface area contributed by atoms with E-state index in [9.17, 15) is 32.3 Å². The molecule has 3 aromatic rings. The monoisotopic (exact) mass is 581 g/mol. The Kier molecular flexibility index (Phi) is 9.44. The lowest BCUT2D eigenvalue weighted by molar-refractivity contribution is -0.136. The second-order valence-corrected chi connectivity index (χ2v) is 10.6. The molecule has 0 spiro atoms. The number of amides is 1. The van der Waals surface area contributed by atoms with Crippen LogP contribution in [0.4, 0.5) is 13.2 Å². The number of carbonyl (C=O) groups is 4. The number of nitrogens with one attached hydrogen (secondary N) is 1. The van der Waals surface area contributed by atoms with Crippen LogP contribution in [0.25, 0.3) is 5.57 Å². The molecule has 3 aromatic carbocycles. The molecule has 0 saturated heterocycles. The molecule has 2 N–H and O–H groups in total. The molecule has 0 bridgehead atoms. The molecule has 0 aromatic heterocycles. The molecule has 1 amide bonds. The smallest absolute Gasteiger partial charge is 0.446 e. The fourth-order valence-electron chi connectivity index (χ4n) is 4.53. The molecule has 6 nitrogen and oxygen atoms in total. The van der Waals surface area contributed by atoms with Crippen LogP contribution in [-0.2, 0) is 17.6 Å². The van der Waals surface area contributed by atoms with Crippen LogP contribution in [0.3, 0.4) is 0 Å². The Balaban J connectivity index is 1.63. The van der Waals surface area contributed by atoms with Gasteiger partial charge in [-0.3, -0.25) is 19.2 Å². The highest BCUT2D eigenvalue weighted by atomic mass is 32.2. The van der Waals surface area contributed by atoms with Crippen LogP contribution in [0.2, 0.25) is 0 Å². The van der Waals surface area contributed by atoms with Crippen LogP contribution >= 0.6 is 11.8 Å². The number of aliphatic carboxylic acids is 1. The van der Waals surface area contributed by atoms with Crippen LogP contribution in [0.15, 0.2) is 77.7 Å². The average molecular weight is 582 g/mol. The van der Waals surface area contributed by atoms with E-state index in [1.54, 1.807) is 6.07 Å². The number of rotatable bonds is 10. The van der Waals surface area contributed by atoms with Crippen LogP contribution in [-0.4, -0.2) is 40.6 Å². The van der Waals surface area contributed by atoms with Gasteiger partial charge in [-0.2, -0.15) is 13.2 Å². The van der Waals surface area contributed by atoms with Crippen molar-refractivity contribution < 1.29 is 37.5 Å². The first-order chi connectivity index (χ1) is 19.5. The molecule has 0 fully saturated rings. The van der Waals surface area contributed by atoms with Crippen molar-refractivity contribution in [2.45, 2.75) is 42.5 Å². The van der Waals surface area contributed by atoms with Crippen molar-refractivity contribution >= 4 is 40.8 Å². The number of hydrogen-bond donors (Lipinski definition) is 2. The molecule has 0 saturated carbocycles. The number of hydrogen-bond acceptors (Lipinski definition) is 5. The largest absolute Gasteiger partial charge is 0.481 e. The first-order valence-corrected chi connectivity index (χ1v) is 13.7. The highest BCUT2D eigenvalue weighted by Crippen LogP contribution is 2.37. The predicted molar refractivity (Wildman–Crippen MR) is 149 cm³/mol. The lowest BCUT2D eigenvalue weighted by atomic mass is 9.87. The molecule has 212 valence electrons. The minimum absolute atomic E-state index is 0.0436. The number of carbonyl (C=O) groups excluding carboxylic acids is 3. The van der Waals surface area contributed by atoms with Gasteiger partial charge in [-0.1, -0.05) is 30.3 Å². The molecular formula is C31H26F3NO5S. The minimum atomic E-state index is -4.45. The van der Waals surface area contributed by atoms with Crippen LogP contribution in [0, 0.1) is 0 Å². The standard InChI is InChI=1S/C31H26F3NO5S/c32-31(33,34)41-25-13-11-20(12-14-25)27(36)18-26(24-10-5-19-3-1-2-4-23(19)17-24)29(39)21-6-8-22(9-7-21)30(40)35-16-15-28(37)38/h5-14,17-18H,1-4,15-16H2,(H,35,40)(H,37,38). The number of allylic oxidation sites excluding steroid dienone is 2. The minimum Gasteiger partial charge on any atom is -0.481 e. The van der Waals surface area contributed by atoms with Crippen LogP contribution in [0.1, 0.15) is 67.0 Å². The first-order valence-electron chi connectivity index (χ1n) is 12.9. The number of Topliss-reactive ketones (excluding diaryl/α,β-unsaturated/α-hetero) is 1. The fourth-order valence-corrected chi connectivity index (χ4v) is 5.07. The van der Waals surface area contributed by atoms with E-state index in [1.165, 1.54) is 60.2 Å². The first kappa shape index (κ1) is 29.8. The van der Waals surface area contributed by atoms with E-state index in [-0.39, 0.29) is 51.9 Å². The third-order valence-electron chi connectivity index (χ3n) is 6.59. The molecule has 1 aliphatic rings. The maximum Gasteiger partial charge on any atom is 0.446 e. The van der Waals surface area contributed by atoms with Gasteiger partial charge in [-0.05, 0) is 96.6 Å². The number of aryl methyl sites for hydroxylation is 2. The van der Waals surface area contributed by atoms with Gasteiger partial charge in [-0.25, -0.2) is 0 Å². The Bertz CT molecular complexity index is 1500. The van der Waals surface area contributed by atoms with Crippen molar-refractivity contribution in [2.75, 3.05) is 6.54 Å². The Morgan fingerprint density at radius 2 is 1.39 bits per heavy atom. The molecule has 1 aliphatic carbocycles. The summed E-state index contributed by atoms with van der Waals surface area (Å²) in [5.74, 6) is -2.53. The molecule has 0 aliphatic heterocycles. The maximum atomic E-state index is 13.7. The van der Waals surface area contributed by atoms with Crippen molar-refractivity contribution in [1.29, 1.82) is 0 Å². The van der Waals surface area contributed by atoms with E-state index < -0.39 is 29.0 Å². The van der Waals surface area contributed by atoms with Gasteiger partial charge < -0.3 is 10.4 Å². The van der Waals surface area contributed by atoms with Crippen molar-refractivity contribution in [3.63, 3.8) is 0 Å². The second kappa shape index (κ2) is 13.0. The van der Waals surface area contributed by atoms with Gasteiger partial charge >= 0.3 is 11.5 Å². The molecule has 0 heterocycles. The summed E-state index contributed by atoms with van der Waals surface area (Å²) in [5.41, 5.74) is -0.907. The molecule has 0 radical (unpaired) electrons. The summed E-state index contributed by atoms with van der Waals surface area (Å²) in [6.07, 6.45) is 4.84. The lowest BCUT2D eigenvalue weighted by Gasteiger charge is -2.17. The SMILES string of the molecule is O=C(O)CCNC(=O)c1ccc(C(=O)C(=CC(=O)c2ccc(SC(F)(F)F)cc2)c2ccc3c(c2)CCCC3)cc1. The van der Waals surface area contributed by atoms with Crippen molar-refractivity contribution in [1.82, 2.24) is 5.32 Å². The number of fused-ring (bicyclic) bond motifs is 1. The van der Waals surface area contributed by atoms with Gasteiger partial charge in [0.15, 0.2) is 11.6 Å². The topological polar surface area (TPSA) is 101 Å². The van der Waals surface area contributed by atoms with Gasteiger partial charge in [-0.15, -0.1) is 0 Å². The average Bonchev–Trinajstić information content (AvgIpc) is 2.94. The Morgan fingerprint density at radius 3 is 2.02 bits per heavy atom. The zero-order valence-electron chi connectivity index (χ0n) is 21.8. The van der Waals surface area contributed by atoms with Gasteiger partial charge in [0.1, 0.15) is 0 Å². The van der Waals surface area contributed by atoms with E-state index in [4.69, 9.17) is 5.11 Å². The summed E-state index contributed by atoms with van der Waals surface area (Å²) in [5, 5.41) is 11.2. The van der Waals surface area contributed by atoms with Crippen molar-refractivity contribution in [3.8, 4) is 0 Å². The number of alkyl halides is 3. The number of halogens is 3. The van der Waals surface area contributed by atoms with Gasteiger partial charge in [0.05, 0.1) is 6.42 Å². The maximum absolute atomic E-state index is 13.7. The van der Waals surface area contributed by atoms with Gasteiger partial charge in [0.25, 0.3) is 5.91 Å². The van der Waals surface area contributed by atoms with E-state index in [0.717, 1.165) is 31.2 Å². The van der Waals surface area contributed by atoms with E-state index in [1.807, 2.05) is 12.1 Å². The summed E-state index contributed by atoms with van der Waals surface area (Å²) < 4.78 is 38.1. The van der Waals surface area contributed by atoms with E-state index >= 15 is 0 Å². The zero-order chi connectivity index (χ0) is 29.6. The number of ketones is 2.